The molecule has 0 radical (unpaired) electrons. The minimum atomic E-state index is 0.225. The topological polar surface area (TPSA) is 63.7 Å². The lowest BCUT2D eigenvalue weighted by Crippen LogP contribution is -2.47. The third-order valence-electron chi connectivity index (χ3n) is 2.79. The van der Waals surface area contributed by atoms with Crippen molar-refractivity contribution in [2.45, 2.75) is 26.5 Å². The molecule has 1 fully saturated rings. The summed E-state index contributed by atoms with van der Waals surface area (Å²) in [5, 5.41) is 0. The molecule has 0 saturated carbocycles. The predicted octanol–water partition coefficient (Wildman–Crippen LogP) is 0.987. The smallest absolute Gasteiger partial charge is 0.191 e. The van der Waals surface area contributed by atoms with E-state index in [4.69, 9.17) is 10.5 Å². The summed E-state index contributed by atoms with van der Waals surface area (Å²) in [6.45, 7) is 7.02. The molecular formula is C11H18N4OS. The van der Waals surface area contributed by atoms with Gasteiger partial charge in [0.25, 0.3) is 0 Å². The summed E-state index contributed by atoms with van der Waals surface area (Å²) in [5.41, 5.74) is 8.87. The number of nitrogens with two attached hydrogens (primary N) is 1. The van der Waals surface area contributed by atoms with Crippen molar-refractivity contribution in [1.82, 2.24) is 9.88 Å². The van der Waals surface area contributed by atoms with Crippen LogP contribution in [0.15, 0.2) is 10.5 Å². The fraction of sp³-hybridized carbons (Fsp3) is 0.636. The van der Waals surface area contributed by atoms with E-state index in [2.05, 4.69) is 14.9 Å². The zero-order chi connectivity index (χ0) is 12.3. The van der Waals surface area contributed by atoms with Gasteiger partial charge in [0.15, 0.2) is 5.96 Å². The van der Waals surface area contributed by atoms with E-state index in [0.717, 1.165) is 25.4 Å². The molecule has 5 nitrogen and oxygen atoms in total. The SMILES string of the molecule is Cc1ncsc1CN=C(N)N1CCOC(C)C1. The normalized spacial score (nSPS) is 21.9. The number of aryl methyl sites for hydroxylation is 1. The first kappa shape index (κ1) is 12.3. The van der Waals surface area contributed by atoms with Crippen LogP contribution in [0, 0.1) is 6.92 Å². The number of aliphatic imine (C=N–C) groups is 1. The predicted molar refractivity (Wildman–Crippen MR) is 69.2 cm³/mol. The van der Waals surface area contributed by atoms with Crippen molar-refractivity contribution in [1.29, 1.82) is 0 Å². The van der Waals surface area contributed by atoms with E-state index in [1.807, 2.05) is 19.4 Å². The van der Waals surface area contributed by atoms with Gasteiger partial charge >= 0.3 is 0 Å². The van der Waals surface area contributed by atoms with Gasteiger partial charge in [-0.25, -0.2) is 9.98 Å². The first-order valence-electron chi connectivity index (χ1n) is 5.72. The van der Waals surface area contributed by atoms with Crippen LogP contribution in [-0.2, 0) is 11.3 Å². The van der Waals surface area contributed by atoms with Crippen molar-refractivity contribution in [3.63, 3.8) is 0 Å². The van der Waals surface area contributed by atoms with Gasteiger partial charge in [-0.05, 0) is 13.8 Å². The van der Waals surface area contributed by atoms with Gasteiger partial charge in [-0.15, -0.1) is 11.3 Å². The second-order valence-electron chi connectivity index (χ2n) is 4.16. The molecule has 2 heterocycles. The van der Waals surface area contributed by atoms with Gasteiger partial charge in [0.2, 0.25) is 0 Å². The fourth-order valence-corrected chi connectivity index (χ4v) is 2.46. The third kappa shape index (κ3) is 3.17. The molecular weight excluding hydrogens is 236 g/mol. The molecule has 1 atom stereocenters. The van der Waals surface area contributed by atoms with Crippen LogP contribution in [0.3, 0.4) is 0 Å². The van der Waals surface area contributed by atoms with E-state index in [1.165, 1.54) is 4.88 Å². The van der Waals surface area contributed by atoms with Crippen LogP contribution in [-0.4, -0.2) is 41.6 Å². The standard InChI is InChI=1S/C11H18N4OS/c1-8-6-15(3-4-16-8)11(12)13-5-10-9(2)14-7-17-10/h7-8H,3-6H2,1-2H3,(H2,12,13). The summed E-state index contributed by atoms with van der Waals surface area (Å²) in [4.78, 5) is 11.9. The Kier molecular flexibility index (Phi) is 3.96. The maximum absolute atomic E-state index is 5.98. The van der Waals surface area contributed by atoms with Crippen LogP contribution >= 0.6 is 11.3 Å². The quantitative estimate of drug-likeness (QED) is 0.631. The molecule has 17 heavy (non-hydrogen) atoms. The van der Waals surface area contributed by atoms with Crippen molar-refractivity contribution in [3.8, 4) is 0 Å². The maximum atomic E-state index is 5.98. The average molecular weight is 254 g/mol. The summed E-state index contributed by atoms with van der Waals surface area (Å²) in [7, 11) is 0. The van der Waals surface area contributed by atoms with Crippen LogP contribution < -0.4 is 5.73 Å². The highest BCUT2D eigenvalue weighted by Crippen LogP contribution is 2.13. The molecule has 0 bridgehead atoms. The molecule has 1 aliphatic rings. The second-order valence-corrected chi connectivity index (χ2v) is 5.10. The van der Waals surface area contributed by atoms with Gasteiger partial charge in [-0.2, -0.15) is 0 Å². The Hall–Kier alpha value is -1.14. The molecule has 0 spiro atoms. The Labute approximate surface area is 105 Å². The Morgan fingerprint density at radius 2 is 2.59 bits per heavy atom. The van der Waals surface area contributed by atoms with Crippen molar-refractivity contribution in [2.75, 3.05) is 19.7 Å². The molecule has 2 N–H and O–H groups in total. The van der Waals surface area contributed by atoms with E-state index in [9.17, 15) is 0 Å². The van der Waals surface area contributed by atoms with Crippen molar-refractivity contribution >= 4 is 17.3 Å². The number of thiazole rings is 1. The summed E-state index contributed by atoms with van der Waals surface area (Å²) >= 11 is 1.62. The number of ether oxygens (including phenoxy) is 1. The summed E-state index contributed by atoms with van der Waals surface area (Å²) in [5.74, 6) is 0.605. The van der Waals surface area contributed by atoms with Gasteiger partial charge < -0.3 is 15.4 Å². The Bertz CT molecular complexity index is 404. The molecule has 1 unspecified atom stereocenters. The second kappa shape index (κ2) is 5.46. The van der Waals surface area contributed by atoms with Gasteiger partial charge in [-0.1, -0.05) is 0 Å². The molecule has 6 heteroatoms. The average Bonchev–Trinajstić information content (AvgIpc) is 2.72. The molecule has 1 aromatic rings. The van der Waals surface area contributed by atoms with E-state index >= 15 is 0 Å². The van der Waals surface area contributed by atoms with Crippen LogP contribution in [0.2, 0.25) is 0 Å². The minimum Gasteiger partial charge on any atom is -0.375 e. The molecule has 94 valence electrons. The van der Waals surface area contributed by atoms with Crippen LogP contribution in [0.25, 0.3) is 0 Å². The number of morpholine rings is 1. The minimum absolute atomic E-state index is 0.225. The number of guanidine groups is 1. The van der Waals surface area contributed by atoms with E-state index in [-0.39, 0.29) is 6.10 Å². The van der Waals surface area contributed by atoms with Crippen LogP contribution in [0.4, 0.5) is 0 Å². The van der Waals surface area contributed by atoms with Gasteiger partial charge in [0, 0.05) is 18.0 Å². The number of aromatic nitrogens is 1. The van der Waals surface area contributed by atoms with Crippen LogP contribution in [0.5, 0.6) is 0 Å². The van der Waals surface area contributed by atoms with Gasteiger partial charge in [-0.3, -0.25) is 0 Å². The monoisotopic (exact) mass is 254 g/mol. The lowest BCUT2D eigenvalue weighted by molar-refractivity contribution is 0.00529. The molecule has 1 saturated heterocycles. The third-order valence-corrected chi connectivity index (χ3v) is 3.71. The van der Waals surface area contributed by atoms with E-state index in [1.54, 1.807) is 11.3 Å². The van der Waals surface area contributed by atoms with Gasteiger partial charge in [0.1, 0.15) is 0 Å². The molecule has 0 amide bonds. The Morgan fingerprint density at radius 3 is 3.24 bits per heavy atom. The highest BCUT2D eigenvalue weighted by atomic mass is 32.1. The lowest BCUT2D eigenvalue weighted by Gasteiger charge is -2.31. The van der Waals surface area contributed by atoms with Crippen molar-refractivity contribution < 1.29 is 4.74 Å². The summed E-state index contributed by atoms with van der Waals surface area (Å²) in [6.07, 6.45) is 0.225. The zero-order valence-electron chi connectivity index (χ0n) is 10.2. The molecule has 1 aliphatic heterocycles. The number of hydrogen-bond acceptors (Lipinski definition) is 4. The molecule has 1 aromatic heterocycles. The maximum Gasteiger partial charge on any atom is 0.191 e. The lowest BCUT2D eigenvalue weighted by atomic mass is 10.3. The molecule has 2 rings (SSSR count). The van der Waals surface area contributed by atoms with Crippen LogP contribution in [0.1, 0.15) is 17.5 Å². The number of nitrogens with zero attached hydrogens (tertiary/aromatic N) is 3. The highest BCUT2D eigenvalue weighted by Gasteiger charge is 2.17. The first-order valence-corrected chi connectivity index (χ1v) is 6.60. The molecule has 0 aliphatic carbocycles. The number of hydrogen-bond donors (Lipinski definition) is 1. The zero-order valence-corrected chi connectivity index (χ0v) is 11.0. The molecule has 0 aromatic carbocycles. The van der Waals surface area contributed by atoms with E-state index in [0.29, 0.717) is 12.5 Å². The van der Waals surface area contributed by atoms with Crippen molar-refractivity contribution in [2.24, 2.45) is 10.7 Å². The summed E-state index contributed by atoms with van der Waals surface area (Å²) in [6, 6.07) is 0. The van der Waals surface area contributed by atoms with Crippen molar-refractivity contribution in [3.05, 3.63) is 16.1 Å². The number of rotatable bonds is 2. The van der Waals surface area contributed by atoms with E-state index < -0.39 is 0 Å². The Balaban J connectivity index is 1.95. The summed E-state index contributed by atoms with van der Waals surface area (Å²) < 4.78 is 5.47. The first-order chi connectivity index (χ1) is 8.16. The van der Waals surface area contributed by atoms with Gasteiger partial charge in [0.05, 0.1) is 30.5 Å². The fourth-order valence-electron chi connectivity index (χ4n) is 1.76. The largest absolute Gasteiger partial charge is 0.375 e. The highest BCUT2D eigenvalue weighted by molar-refractivity contribution is 7.09. The Morgan fingerprint density at radius 1 is 1.76 bits per heavy atom.